The normalized spacial score (nSPS) is 18.7. The number of benzene rings is 1. The third-order valence-corrected chi connectivity index (χ3v) is 5.10. The van der Waals surface area contributed by atoms with Crippen LogP contribution in [0.3, 0.4) is 0 Å². The summed E-state index contributed by atoms with van der Waals surface area (Å²) in [5, 5.41) is 11.7. The second-order valence-corrected chi connectivity index (χ2v) is 6.97. The Balaban J connectivity index is 1.77. The van der Waals surface area contributed by atoms with E-state index in [1.807, 2.05) is 6.92 Å². The molecule has 1 N–H and O–H groups in total. The summed E-state index contributed by atoms with van der Waals surface area (Å²) in [7, 11) is 0. The molecular weight excluding hydrogens is 286 g/mol. The molecule has 0 bridgehead atoms. The minimum absolute atomic E-state index is 0.0832. The maximum Gasteiger partial charge on any atom is 0.233 e. The van der Waals surface area contributed by atoms with Crippen LogP contribution in [0.4, 0.5) is 0 Å². The SMILES string of the molecule is Cc1cccc(C2(CN[C@H](C)c3nnc(C)o3)CCCCC2)c1. The first-order chi connectivity index (χ1) is 11.1. The maximum atomic E-state index is 5.56. The van der Waals surface area contributed by atoms with E-state index in [9.17, 15) is 0 Å². The summed E-state index contributed by atoms with van der Waals surface area (Å²) in [5.41, 5.74) is 3.04. The van der Waals surface area contributed by atoms with Gasteiger partial charge in [0.2, 0.25) is 11.8 Å². The van der Waals surface area contributed by atoms with Gasteiger partial charge < -0.3 is 9.73 Å². The molecule has 124 valence electrons. The van der Waals surface area contributed by atoms with Crippen LogP contribution < -0.4 is 5.32 Å². The van der Waals surface area contributed by atoms with Gasteiger partial charge in [0.15, 0.2) is 0 Å². The van der Waals surface area contributed by atoms with Gasteiger partial charge in [-0.3, -0.25) is 0 Å². The first-order valence-electron chi connectivity index (χ1n) is 8.70. The Kier molecular flexibility index (Phi) is 4.81. The van der Waals surface area contributed by atoms with Crippen LogP contribution >= 0.6 is 0 Å². The second-order valence-electron chi connectivity index (χ2n) is 6.97. The van der Waals surface area contributed by atoms with Gasteiger partial charge in [-0.05, 0) is 32.3 Å². The van der Waals surface area contributed by atoms with E-state index in [-0.39, 0.29) is 11.5 Å². The summed E-state index contributed by atoms with van der Waals surface area (Å²) >= 11 is 0. The molecule has 1 heterocycles. The number of nitrogens with zero attached hydrogens (tertiary/aromatic N) is 2. The molecule has 0 spiro atoms. The van der Waals surface area contributed by atoms with Crippen LogP contribution in [0.15, 0.2) is 28.7 Å². The van der Waals surface area contributed by atoms with Crippen molar-refractivity contribution in [3.05, 3.63) is 47.2 Å². The average Bonchev–Trinajstić information content (AvgIpc) is 3.00. The fourth-order valence-corrected chi connectivity index (χ4v) is 3.69. The van der Waals surface area contributed by atoms with Gasteiger partial charge in [0.1, 0.15) is 0 Å². The van der Waals surface area contributed by atoms with E-state index in [4.69, 9.17) is 4.42 Å². The predicted molar refractivity (Wildman–Crippen MR) is 91.4 cm³/mol. The Labute approximate surface area is 138 Å². The Morgan fingerprint density at radius 1 is 1.17 bits per heavy atom. The van der Waals surface area contributed by atoms with E-state index < -0.39 is 0 Å². The van der Waals surface area contributed by atoms with Crippen molar-refractivity contribution in [1.29, 1.82) is 0 Å². The average molecular weight is 313 g/mol. The summed E-state index contributed by atoms with van der Waals surface area (Å²) < 4.78 is 5.56. The molecule has 1 aliphatic carbocycles. The molecule has 1 aromatic carbocycles. The minimum Gasteiger partial charge on any atom is -0.424 e. The highest BCUT2D eigenvalue weighted by atomic mass is 16.4. The molecule has 4 nitrogen and oxygen atoms in total. The van der Waals surface area contributed by atoms with Crippen LogP contribution in [0, 0.1) is 13.8 Å². The van der Waals surface area contributed by atoms with E-state index in [1.54, 1.807) is 0 Å². The molecule has 0 radical (unpaired) electrons. The summed E-state index contributed by atoms with van der Waals surface area (Å²) in [5.74, 6) is 1.30. The molecule has 3 rings (SSSR count). The van der Waals surface area contributed by atoms with E-state index in [2.05, 4.69) is 53.6 Å². The Bertz CT molecular complexity index is 644. The van der Waals surface area contributed by atoms with Gasteiger partial charge in [0.05, 0.1) is 6.04 Å². The molecule has 0 unspecified atom stereocenters. The summed E-state index contributed by atoms with van der Waals surface area (Å²) in [6.07, 6.45) is 6.47. The van der Waals surface area contributed by atoms with Crippen LogP contribution in [-0.4, -0.2) is 16.7 Å². The number of aryl methyl sites for hydroxylation is 2. The first kappa shape index (κ1) is 16.2. The third kappa shape index (κ3) is 3.63. The van der Waals surface area contributed by atoms with Crippen LogP contribution in [0.5, 0.6) is 0 Å². The summed E-state index contributed by atoms with van der Waals surface area (Å²) in [6, 6.07) is 9.10. The van der Waals surface area contributed by atoms with E-state index in [0.29, 0.717) is 11.8 Å². The molecule has 0 aliphatic heterocycles. The van der Waals surface area contributed by atoms with Crippen molar-refractivity contribution in [2.24, 2.45) is 0 Å². The maximum absolute atomic E-state index is 5.56. The molecule has 23 heavy (non-hydrogen) atoms. The van der Waals surface area contributed by atoms with Crippen molar-refractivity contribution in [3.63, 3.8) is 0 Å². The van der Waals surface area contributed by atoms with Gasteiger partial charge in [-0.1, -0.05) is 49.1 Å². The van der Waals surface area contributed by atoms with Gasteiger partial charge in [-0.25, -0.2) is 0 Å². The van der Waals surface area contributed by atoms with Crippen molar-refractivity contribution >= 4 is 0 Å². The van der Waals surface area contributed by atoms with E-state index in [1.165, 1.54) is 43.2 Å². The van der Waals surface area contributed by atoms with Crippen molar-refractivity contribution in [2.75, 3.05) is 6.54 Å². The zero-order chi connectivity index (χ0) is 16.3. The second kappa shape index (κ2) is 6.83. The lowest BCUT2D eigenvalue weighted by Crippen LogP contribution is -2.41. The van der Waals surface area contributed by atoms with Gasteiger partial charge in [0.25, 0.3) is 0 Å². The van der Waals surface area contributed by atoms with Crippen molar-refractivity contribution in [3.8, 4) is 0 Å². The van der Waals surface area contributed by atoms with Gasteiger partial charge in [0, 0.05) is 18.9 Å². The molecule has 4 heteroatoms. The van der Waals surface area contributed by atoms with E-state index in [0.717, 1.165) is 6.54 Å². The molecule has 1 saturated carbocycles. The van der Waals surface area contributed by atoms with Crippen molar-refractivity contribution in [1.82, 2.24) is 15.5 Å². The number of nitrogens with one attached hydrogen (secondary N) is 1. The fourth-order valence-electron chi connectivity index (χ4n) is 3.69. The lowest BCUT2D eigenvalue weighted by molar-refractivity contribution is 0.264. The number of rotatable bonds is 5. The molecule has 1 aliphatic rings. The monoisotopic (exact) mass is 313 g/mol. The highest BCUT2D eigenvalue weighted by Gasteiger charge is 2.34. The summed E-state index contributed by atoms with van der Waals surface area (Å²) in [6.45, 7) is 7.06. The zero-order valence-electron chi connectivity index (χ0n) is 14.4. The highest BCUT2D eigenvalue weighted by molar-refractivity contribution is 5.30. The minimum atomic E-state index is 0.0832. The highest BCUT2D eigenvalue weighted by Crippen LogP contribution is 2.39. The van der Waals surface area contributed by atoms with Crippen LogP contribution in [0.25, 0.3) is 0 Å². The zero-order valence-corrected chi connectivity index (χ0v) is 14.4. The topological polar surface area (TPSA) is 51.0 Å². The largest absolute Gasteiger partial charge is 0.424 e. The first-order valence-corrected chi connectivity index (χ1v) is 8.70. The Morgan fingerprint density at radius 2 is 1.96 bits per heavy atom. The lowest BCUT2D eigenvalue weighted by Gasteiger charge is -2.39. The van der Waals surface area contributed by atoms with Gasteiger partial charge in [-0.15, -0.1) is 10.2 Å². The van der Waals surface area contributed by atoms with Crippen LogP contribution in [0.2, 0.25) is 0 Å². The summed E-state index contributed by atoms with van der Waals surface area (Å²) in [4.78, 5) is 0. The third-order valence-electron chi connectivity index (χ3n) is 5.10. The smallest absolute Gasteiger partial charge is 0.233 e. The predicted octanol–water partition coefficient (Wildman–Crippen LogP) is 4.24. The van der Waals surface area contributed by atoms with Crippen molar-refractivity contribution in [2.45, 2.75) is 64.3 Å². The number of aromatic nitrogens is 2. The molecule has 2 aromatic rings. The molecule has 0 amide bonds. The fraction of sp³-hybridized carbons (Fsp3) is 0.579. The van der Waals surface area contributed by atoms with Crippen molar-refractivity contribution < 1.29 is 4.42 Å². The van der Waals surface area contributed by atoms with Gasteiger partial charge in [-0.2, -0.15) is 0 Å². The number of hydrogen-bond acceptors (Lipinski definition) is 4. The Hall–Kier alpha value is -1.68. The molecule has 1 aromatic heterocycles. The lowest BCUT2D eigenvalue weighted by atomic mass is 9.69. The van der Waals surface area contributed by atoms with Gasteiger partial charge >= 0.3 is 0 Å². The molecular formula is C19H27N3O. The molecule has 0 saturated heterocycles. The quantitative estimate of drug-likeness (QED) is 0.897. The molecule has 1 fully saturated rings. The van der Waals surface area contributed by atoms with Crippen LogP contribution in [0.1, 0.15) is 68.0 Å². The standard InChI is InChI=1S/C19H27N3O/c1-14-8-7-9-17(12-14)19(10-5-4-6-11-19)13-20-15(2)18-22-21-16(3)23-18/h7-9,12,15,20H,4-6,10-11,13H2,1-3H3/t15-/m1/s1. The Morgan fingerprint density at radius 3 is 2.61 bits per heavy atom. The van der Waals surface area contributed by atoms with Crippen LogP contribution in [-0.2, 0) is 5.41 Å². The number of hydrogen-bond donors (Lipinski definition) is 1. The van der Waals surface area contributed by atoms with E-state index >= 15 is 0 Å². The molecule has 1 atom stereocenters.